The van der Waals surface area contributed by atoms with Gasteiger partial charge in [-0.1, -0.05) is 6.42 Å². The van der Waals surface area contributed by atoms with E-state index in [1.54, 1.807) is 6.07 Å². The van der Waals surface area contributed by atoms with Crippen molar-refractivity contribution < 1.29 is 4.79 Å². The molecule has 5 heteroatoms. The molecular formula is C12H14N4O. The average Bonchev–Trinajstić information content (AvgIpc) is 2.50. The maximum Gasteiger partial charge on any atom is 0.260 e. The van der Waals surface area contributed by atoms with Crippen molar-refractivity contribution in [3.63, 3.8) is 0 Å². The van der Waals surface area contributed by atoms with Crippen LogP contribution in [0.3, 0.4) is 0 Å². The van der Waals surface area contributed by atoms with E-state index in [1.165, 1.54) is 11.3 Å². The van der Waals surface area contributed by atoms with E-state index in [2.05, 4.69) is 15.1 Å². The lowest BCUT2D eigenvalue weighted by atomic mass is 9.66. The number of hydrogen-bond donors (Lipinski definition) is 0. The number of hydrazone groups is 1. The molecule has 2 heterocycles. The van der Waals surface area contributed by atoms with Crippen LogP contribution in [0.15, 0.2) is 17.5 Å². The fourth-order valence-electron chi connectivity index (χ4n) is 2.47. The molecule has 1 saturated carbocycles. The van der Waals surface area contributed by atoms with Gasteiger partial charge in [0.2, 0.25) is 0 Å². The van der Waals surface area contributed by atoms with Crippen LogP contribution in [-0.2, 0) is 4.79 Å². The monoisotopic (exact) mass is 230 g/mol. The maximum absolute atomic E-state index is 12.4. The Kier molecular flexibility index (Phi) is 2.05. The van der Waals surface area contributed by atoms with Gasteiger partial charge in [-0.15, -0.1) is 0 Å². The van der Waals surface area contributed by atoms with E-state index in [0.717, 1.165) is 30.7 Å². The largest absolute Gasteiger partial charge is 0.271 e. The van der Waals surface area contributed by atoms with Crippen LogP contribution < -0.4 is 5.01 Å². The predicted octanol–water partition coefficient (Wildman–Crippen LogP) is 1.68. The van der Waals surface area contributed by atoms with Crippen LogP contribution in [-0.4, -0.2) is 21.6 Å². The van der Waals surface area contributed by atoms with E-state index >= 15 is 0 Å². The van der Waals surface area contributed by atoms with Crippen LogP contribution in [0.5, 0.6) is 0 Å². The van der Waals surface area contributed by atoms with Crippen molar-refractivity contribution in [1.29, 1.82) is 0 Å². The number of carbonyl (C=O) groups is 1. The van der Waals surface area contributed by atoms with Gasteiger partial charge < -0.3 is 0 Å². The van der Waals surface area contributed by atoms with Crippen LogP contribution >= 0.6 is 0 Å². The summed E-state index contributed by atoms with van der Waals surface area (Å²) in [5.41, 5.74) is 1.44. The quantitative estimate of drug-likeness (QED) is 0.737. The predicted molar refractivity (Wildman–Crippen MR) is 63.6 cm³/mol. The zero-order valence-electron chi connectivity index (χ0n) is 9.97. The van der Waals surface area contributed by atoms with Gasteiger partial charge in [0.15, 0.2) is 5.82 Å². The minimum absolute atomic E-state index is 0.0688. The van der Waals surface area contributed by atoms with Crippen molar-refractivity contribution in [2.75, 3.05) is 5.01 Å². The van der Waals surface area contributed by atoms with Gasteiger partial charge in [0.1, 0.15) is 6.33 Å². The molecule has 17 heavy (non-hydrogen) atoms. The first kappa shape index (κ1) is 10.4. The van der Waals surface area contributed by atoms with Crippen molar-refractivity contribution in [1.82, 2.24) is 9.97 Å². The van der Waals surface area contributed by atoms with Crippen LogP contribution in [0.1, 0.15) is 31.9 Å². The molecule has 0 unspecified atom stereocenters. The van der Waals surface area contributed by atoms with Gasteiger partial charge in [0.25, 0.3) is 5.91 Å². The molecule has 0 radical (unpaired) electrons. The van der Waals surface area contributed by atoms with Gasteiger partial charge in [0.05, 0.1) is 11.1 Å². The molecule has 1 aromatic heterocycles. The molecule has 1 amide bonds. The van der Waals surface area contributed by atoms with Gasteiger partial charge >= 0.3 is 0 Å². The molecule has 0 N–H and O–H groups in total. The second kappa shape index (κ2) is 3.35. The molecule has 3 rings (SSSR count). The average molecular weight is 230 g/mol. The summed E-state index contributed by atoms with van der Waals surface area (Å²) in [4.78, 5) is 20.5. The molecule has 0 aromatic carbocycles. The van der Waals surface area contributed by atoms with Gasteiger partial charge in [-0.05, 0) is 26.7 Å². The highest BCUT2D eigenvalue weighted by Gasteiger charge is 2.53. The number of anilines is 1. The van der Waals surface area contributed by atoms with E-state index in [4.69, 9.17) is 0 Å². The Labute approximate surface area is 99.6 Å². The molecule has 5 nitrogen and oxygen atoms in total. The third kappa shape index (κ3) is 1.31. The van der Waals surface area contributed by atoms with E-state index in [1.807, 2.05) is 13.8 Å². The first-order valence-corrected chi connectivity index (χ1v) is 5.82. The van der Waals surface area contributed by atoms with Crippen molar-refractivity contribution in [2.24, 2.45) is 10.5 Å². The van der Waals surface area contributed by atoms with Crippen LogP contribution in [0.25, 0.3) is 0 Å². The lowest BCUT2D eigenvalue weighted by molar-refractivity contribution is -0.127. The van der Waals surface area contributed by atoms with Crippen LogP contribution in [0.4, 0.5) is 5.82 Å². The van der Waals surface area contributed by atoms with Gasteiger partial charge in [-0.3, -0.25) is 4.79 Å². The summed E-state index contributed by atoms with van der Waals surface area (Å²) in [6, 6.07) is 1.78. The third-order valence-electron chi connectivity index (χ3n) is 3.76. The van der Waals surface area contributed by atoms with E-state index in [9.17, 15) is 4.79 Å². The normalized spacial score (nSPS) is 21.6. The molecule has 0 saturated heterocycles. The first-order valence-electron chi connectivity index (χ1n) is 5.82. The first-order chi connectivity index (χ1) is 8.13. The second-order valence-electron chi connectivity index (χ2n) is 4.76. The SMILES string of the molecule is CC1=NN(c2cc(C)ncn2)C(=O)C12CCC2. The maximum atomic E-state index is 12.4. The molecule has 1 spiro atoms. The minimum Gasteiger partial charge on any atom is -0.271 e. The molecule has 88 valence electrons. The fraction of sp³-hybridized carbons (Fsp3) is 0.500. The summed E-state index contributed by atoms with van der Waals surface area (Å²) in [5.74, 6) is 0.643. The number of rotatable bonds is 1. The Morgan fingerprint density at radius 1 is 1.29 bits per heavy atom. The number of hydrogen-bond acceptors (Lipinski definition) is 4. The smallest absolute Gasteiger partial charge is 0.260 e. The van der Waals surface area contributed by atoms with Crippen molar-refractivity contribution >= 4 is 17.4 Å². The minimum atomic E-state index is -0.321. The molecule has 1 aliphatic carbocycles. The molecule has 0 atom stereocenters. The second-order valence-corrected chi connectivity index (χ2v) is 4.76. The Hall–Kier alpha value is -1.78. The third-order valence-corrected chi connectivity index (χ3v) is 3.76. The molecule has 1 fully saturated rings. The highest BCUT2D eigenvalue weighted by molar-refractivity contribution is 6.18. The number of aromatic nitrogens is 2. The number of aryl methyl sites for hydroxylation is 1. The van der Waals surface area contributed by atoms with Crippen LogP contribution in [0, 0.1) is 12.3 Å². The van der Waals surface area contributed by atoms with E-state index in [0.29, 0.717) is 5.82 Å². The summed E-state index contributed by atoms with van der Waals surface area (Å²) >= 11 is 0. The number of amides is 1. The highest BCUT2D eigenvalue weighted by Crippen LogP contribution is 2.47. The lowest BCUT2D eigenvalue weighted by Crippen LogP contribution is -2.44. The number of carbonyl (C=O) groups excluding carboxylic acids is 1. The molecule has 1 aromatic rings. The Morgan fingerprint density at radius 3 is 2.59 bits per heavy atom. The molecule has 2 aliphatic rings. The zero-order valence-corrected chi connectivity index (χ0v) is 9.97. The molecule has 1 aliphatic heterocycles. The van der Waals surface area contributed by atoms with Gasteiger partial charge in [-0.2, -0.15) is 10.1 Å². The molecule has 0 bridgehead atoms. The zero-order chi connectivity index (χ0) is 12.0. The van der Waals surface area contributed by atoms with Crippen molar-refractivity contribution in [2.45, 2.75) is 33.1 Å². The standard InChI is InChI=1S/C12H14N4O/c1-8-6-10(14-7-13-8)16-11(17)12(4-3-5-12)9(2)15-16/h6-7H,3-5H2,1-2H3. The van der Waals surface area contributed by atoms with Crippen LogP contribution in [0.2, 0.25) is 0 Å². The topological polar surface area (TPSA) is 58.5 Å². The fourth-order valence-corrected chi connectivity index (χ4v) is 2.47. The summed E-state index contributed by atoms with van der Waals surface area (Å²) in [6.45, 7) is 3.81. The summed E-state index contributed by atoms with van der Waals surface area (Å²) in [5, 5.41) is 5.80. The Balaban J connectivity index is 1.99. The lowest BCUT2D eigenvalue weighted by Gasteiger charge is -2.36. The summed E-state index contributed by atoms with van der Waals surface area (Å²) in [6.07, 6.45) is 4.41. The van der Waals surface area contributed by atoms with Crippen molar-refractivity contribution in [3.05, 3.63) is 18.1 Å². The highest BCUT2D eigenvalue weighted by atomic mass is 16.2. The van der Waals surface area contributed by atoms with Gasteiger partial charge in [-0.25, -0.2) is 9.97 Å². The van der Waals surface area contributed by atoms with E-state index < -0.39 is 0 Å². The van der Waals surface area contributed by atoms with Crippen molar-refractivity contribution in [3.8, 4) is 0 Å². The Bertz CT molecular complexity index is 519. The van der Waals surface area contributed by atoms with Gasteiger partial charge in [0, 0.05) is 11.8 Å². The van der Waals surface area contributed by atoms with E-state index in [-0.39, 0.29) is 11.3 Å². The summed E-state index contributed by atoms with van der Waals surface area (Å²) in [7, 11) is 0. The number of nitrogens with zero attached hydrogens (tertiary/aromatic N) is 4. The summed E-state index contributed by atoms with van der Waals surface area (Å²) < 4.78 is 0. The molecular weight excluding hydrogens is 216 g/mol. The Morgan fingerprint density at radius 2 is 2.06 bits per heavy atom.